The highest BCUT2D eigenvalue weighted by Gasteiger charge is 2.51. The van der Waals surface area contributed by atoms with Crippen LogP contribution in [0.4, 0.5) is 0 Å². The Balaban J connectivity index is 1.27. The Morgan fingerprint density at radius 3 is 2.16 bits per heavy atom. The van der Waals surface area contributed by atoms with Gasteiger partial charge in [0, 0.05) is 22.1 Å². The molecule has 3 heterocycles. The maximum Gasteiger partial charge on any atom is 0.251 e. The lowest BCUT2D eigenvalue weighted by molar-refractivity contribution is -0.353. The first-order chi connectivity index (χ1) is 23.4. The van der Waals surface area contributed by atoms with E-state index in [1.54, 1.807) is 26.0 Å². The Kier molecular flexibility index (Phi) is 15.4. The van der Waals surface area contributed by atoms with Crippen LogP contribution in [0.15, 0.2) is 24.3 Å². The molecular weight excluding hydrogens is 763 g/mol. The van der Waals surface area contributed by atoms with Gasteiger partial charge < -0.3 is 70.1 Å². The van der Waals surface area contributed by atoms with Gasteiger partial charge in [-0.25, -0.2) is 0 Å². The molecule has 0 bridgehead atoms. The Morgan fingerprint density at radius 1 is 0.837 bits per heavy atom. The molecule has 3 aliphatic rings. The van der Waals surface area contributed by atoms with Crippen molar-refractivity contribution in [2.75, 3.05) is 26.4 Å². The minimum absolute atomic E-state index is 0.131. The van der Waals surface area contributed by atoms with E-state index in [0.717, 1.165) is 3.57 Å². The van der Waals surface area contributed by atoms with E-state index >= 15 is 0 Å². The molecule has 1 aromatic carbocycles. The van der Waals surface area contributed by atoms with Crippen molar-refractivity contribution in [3.8, 4) is 0 Å². The summed E-state index contributed by atoms with van der Waals surface area (Å²) in [6.07, 6.45) is -12.8. The number of halogens is 1. The first-order valence-corrected chi connectivity index (χ1v) is 17.6. The average Bonchev–Trinajstić information content (AvgIpc) is 3.07. The molecule has 9 N–H and O–H groups in total. The third-order valence-corrected chi connectivity index (χ3v) is 9.84. The number of amides is 2. The van der Waals surface area contributed by atoms with Crippen molar-refractivity contribution in [3.05, 3.63) is 33.4 Å². The van der Waals surface area contributed by atoms with Crippen molar-refractivity contribution < 1.29 is 69.0 Å². The molecule has 278 valence electrons. The van der Waals surface area contributed by atoms with Gasteiger partial charge in [0.15, 0.2) is 12.6 Å². The minimum Gasteiger partial charge on any atom is -0.396 e. The van der Waals surface area contributed by atoms with Gasteiger partial charge in [0.1, 0.15) is 42.7 Å². The second kappa shape index (κ2) is 18.8. The van der Waals surface area contributed by atoms with Crippen molar-refractivity contribution >= 4 is 34.4 Å². The molecule has 3 fully saturated rings. The van der Waals surface area contributed by atoms with Crippen molar-refractivity contribution in [1.82, 2.24) is 10.6 Å². The van der Waals surface area contributed by atoms with Crippen LogP contribution in [-0.2, 0) is 28.5 Å². The van der Waals surface area contributed by atoms with E-state index in [1.165, 1.54) is 0 Å². The van der Waals surface area contributed by atoms with Crippen molar-refractivity contribution in [2.45, 2.75) is 119 Å². The Labute approximate surface area is 298 Å². The molecule has 1 aromatic rings. The molecule has 3 aliphatic heterocycles. The van der Waals surface area contributed by atoms with Gasteiger partial charge in [0.2, 0.25) is 5.91 Å². The molecular formula is C32H49IN2O14. The largest absolute Gasteiger partial charge is 0.396 e. The lowest BCUT2D eigenvalue weighted by atomic mass is 9.90. The summed E-state index contributed by atoms with van der Waals surface area (Å²) in [6, 6.07) is 6.17. The Hall–Kier alpha value is -1.59. The van der Waals surface area contributed by atoms with Gasteiger partial charge in [-0.1, -0.05) is 6.42 Å². The van der Waals surface area contributed by atoms with E-state index in [0.29, 0.717) is 31.4 Å². The van der Waals surface area contributed by atoms with Gasteiger partial charge >= 0.3 is 0 Å². The lowest BCUT2D eigenvalue weighted by Crippen LogP contribution is -2.66. The summed E-state index contributed by atoms with van der Waals surface area (Å²) >= 11 is 2.17. The summed E-state index contributed by atoms with van der Waals surface area (Å²) < 4.78 is 30.0. The van der Waals surface area contributed by atoms with E-state index in [1.807, 2.05) is 12.1 Å². The van der Waals surface area contributed by atoms with E-state index in [-0.39, 0.29) is 24.8 Å². The Morgan fingerprint density at radius 2 is 1.49 bits per heavy atom. The number of aliphatic hydroxyl groups is 7. The SMILES string of the molecule is CC1O[C@@H](OC2C(O)[C@@H](NC(=O)CCCCCNC(=O)c3ccc(I)cc3)C(CO)O[C@H]2C)C(CO)C(O)[C@H]1O[C@@H]1OC[C@@H](O)C(O)C1O. The molecule has 0 aliphatic carbocycles. The van der Waals surface area contributed by atoms with Crippen molar-refractivity contribution in [3.63, 3.8) is 0 Å². The minimum atomic E-state index is -1.61. The number of nitrogens with one attached hydrogen (secondary N) is 2. The topological polar surface area (TPSA) is 246 Å². The fourth-order valence-corrected chi connectivity index (χ4v) is 6.58. The number of ether oxygens (including phenoxy) is 5. The van der Waals surface area contributed by atoms with Crippen LogP contribution in [0.3, 0.4) is 0 Å². The fourth-order valence-electron chi connectivity index (χ4n) is 6.22. The molecule has 3 saturated heterocycles. The van der Waals surface area contributed by atoms with Crippen LogP contribution in [0.5, 0.6) is 0 Å². The van der Waals surface area contributed by atoms with Gasteiger partial charge in [-0.05, 0) is 73.5 Å². The van der Waals surface area contributed by atoms with Crippen LogP contribution >= 0.6 is 22.6 Å². The summed E-state index contributed by atoms with van der Waals surface area (Å²) in [5.74, 6) is -1.64. The highest BCUT2D eigenvalue weighted by Crippen LogP contribution is 2.34. The van der Waals surface area contributed by atoms with Crippen LogP contribution in [0.1, 0.15) is 49.9 Å². The quantitative estimate of drug-likeness (QED) is 0.0739. The molecule has 16 nitrogen and oxygen atoms in total. The summed E-state index contributed by atoms with van der Waals surface area (Å²) in [5.41, 5.74) is 0.572. The number of aliphatic hydroxyl groups excluding tert-OH is 7. The molecule has 17 heteroatoms. The summed E-state index contributed by atoms with van der Waals surface area (Å²) in [7, 11) is 0. The Bertz CT molecular complexity index is 1200. The number of hydrogen-bond donors (Lipinski definition) is 9. The van der Waals surface area contributed by atoms with E-state index in [4.69, 9.17) is 23.7 Å². The van der Waals surface area contributed by atoms with Crippen LogP contribution < -0.4 is 10.6 Å². The van der Waals surface area contributed by atoms with E-state index in [2.05, 4.69) is 33.2 Å². The second-order valence-corrected chi connectivity index (χ2v) is 14.0. The number of benzene rings is 1. The zero-order valence-electron chi connectivity index (χ0n) is 27.4. The maximum absolute atomic E-state index is 12.9. The van der Waals surface area contributed by atoms with Crippen molar-refractivity contribution in [1.29, 1.82) is 0 Å². The summed E-state index contributed by atoms with van der Waals surface area (Å²) in [6.45, 7) is 2.18. The molecule has 49 heavy (non-hydrogen) atoms. The van der Waals surface area contributed by atoms with Crippen LogP contribution in [0, 0.1) is 9.49 Å². The zero-order chi connectivity index (χ0) is 35.8. The van der Waals surface area contributed by atoms with Gasteiger partial charge in [-0.15, -0.1) is 0 Å². The highest BCUT2D eigenvalue weighted by molar-refractivity contribution is 14.1. The third kappa shape index (κ3) is 10.3. The fraction of sp³-hybridized carbons (Fsp3) is 0.750. The van der Waals surface area contributed by atoms with E-state index < -0.39 is 98.8 Å². The number of carbonyl (C=O) groups excluding carboxylic acids is 2. The molecule has 14 atom stereocenters. The van der Waals surface area contributed by atoms with Gasteiger partial charge in [0.25, 0.3) is 5.91 Å². The second-order valence-electron chi connectivity index (χ2n) is 12.7. The normalized spacial score (nSPS) is 38.2. The first-order valence-electron chi connectivity index (χ1n) is 16.5. The zero-order valence-corrected chi connectivity index (χ0v) is 29.6. The first kappa shape index (κ1) is 40.2. The van der Waals surface area contributed by atoms with Gasteiger partial charge in [0.05, 0.1) is 50.1 Å². The maximum atomic E-state index is 12.9. The van der Waals surface area contributed by atoms with Crippen LogP contribution in [0.25, 0.3) is 0 Å². The predicted molar refractivity (Wildman–Crippen MR) is 178 cm³/mol. The average molecular weight is 813 g/mol. The molecule has 0 radical (unpaired) electrons. The van der Waals surface area contributed by atoms with Crippen LogP contribution in [-0.4, -0.2) is 154 Å². The van der Waals surface area contributed by atoms with Gasteiger partial charge in [-0.2, -0.15) is 0 Å². The molecule has 8 unspecified atom stereocenters. The third-order valence-electron chi connectivity index (χ3n) is 9.12. The smallest absolute Gasteiger partial charge is 0.251 e. The lowest BCUT2D eigenvalue weighted by Gasteiger charge is -2.48. The number of rotatable bonds is 14. The molecule has 2 amide bonds. The number of hydrogen-bond acceptors (Lipinski definition) is 14. The van der Waals surface area contributed by atoms with E-state index in [9.17, 15) is 45.3 Å². The molecule has 4 rings (SSSR count). The molecule has 0 aromatic heterocycles. The van der Waals surface area contributed by atoms with Crippen molar-refractivity contribution in [2.24, 2.45) is 5.92 Å². The number of carbonyl (C=O) groups is 2. The van der Waals surface area contributed by atoms with Gasteiger partial charge in [-0.3, -0.25) is 9.59 Å². The predicted octanol–water partition coefficient (Wildman–Crippen LogP) is -1.87. The van der Waals surface area contributed by atoms with Crippen LogP contribution in [0.2, 0.25) is 0 Å². The highest BCUT2D eigenvalue weighted by atomic mass is 127. The standard InChI is InChI=1S/C32H49IN2O14/c1-15-29(48-31-19(12-36)24(40)28(16(2)47-31)49-32-27(43)25(41)20(38)14-45-32)26(42)23(21(13-37)46-15)35-22(39)6-4-3-5-11-34-30(44)17-7-9-18(33)10-8-17/h7-10,15-16,19-21,23-29,31-32,36-38,40-43H,3-6,11-14H2,1-2H3,(H,34,44)(H,35,39)/t15-,16?,19?,20+,21?,23-,24?,25?,26?,27?,28-,29?,31-,32-/m0/s1. The summed E-state index contributed by atoms with van der Waals surface area (Å²) in [5, 5.41) is 78.2. The molecule has 0 spiro atoms. The summed E-state index contributed by atoms with van der Waals surface area (Å²) in [4.78, 5) is 25.1. The monoisotopic (exact) mass is 812 g/mol. The number of unbranched alkanes of at least 4 members (excludes halogenated alkanes) is 2. The molecule has 0 saturated carbocycles.